The van der Waals surface area contributed by atoms with Crippen molar-refractivity contribution in [3.05, 3.63) is 5.82 Å². The molecule has 1 aromatic rings. The van der Waals surface area contributed by atoms with Gasteiger partial charge in [-0.1, -0.05) is 0 Å². The Kier molecular flexibility index (Phi) is 3.84. The van der Waals surface area contributed by atoms with Gasteiger partial charge in [0.2, 0.25) is 0 Å². The minimum atomic E-state index is 0.413. The van der Waals surface area contributed by atoms with Crippen LogP contribution in [-0.2, 0) is 18.2 Å². The third kappa shape index (κ3) is 2.99. The van der Waals surface area contributed by atoms with Crippen LogP contribution in [0.4, 0.5) is 0 Å². The Morgan fingerprint density at radius 3 is 3.06 bits per heavy atom. The number of aromatic nitrogens is 4. The summed E-state index contributed by atoms with van der Waals surface area (Å²) in [6.07, 6.45) is 3.13. The third-order valence-electron chi connectivity index (χ3n) is 3.03. The molecule has 0 saturated carbocycles. The number of aryl methyl sites for hydroxylation is 1. The van der Waals surface area contributed by atoms with Gasteiger partial charge in [-0.3, -0.25) is 0 Å². The van der Waals surface area contributed by atoms with Crippen LogP contribution >= 0.6 is 0 Å². The van der Waals surface area contributed by atoms with Crippen LogP contribution in [0.25, 0.3) is 0 Å². The molecular weight excluding hydrogens is 206 g/mol. The van der Waals surface area contributed by atoms with E-state index in [-0.39, 0.29) is 0 Å². The van der Waals surface area contributed by atoms with Crippen molar-refractivity contribution in [1.82, 2.24) is 25.5 Å². The van der Waals surface area contributed by atoms with Crippen molar-refractivity contribution in [1.29, 1.82) is 0 Å². The molecule has 2 heterocycles. The molecule has 0 bridgehead atoms. The molecule has 0 radical (unpaired) electrons. The summed E-state index contributed by atoms with van der Waals surface area (Å²) in [6.45, 7) is 1.80. The molecule has 1 aliphatic heterocycles. The minimum absolute atomic E-state index is 0.413. The van der Waals surface area contributed by atoms with E-state index in [1.807, 2.05) is 7.05 Å². The van der Waals surface area contributed by atoms with Crippen molar-refractivity contribution in [3.8, 4) is 0 Å². The molecule has 0 aromatic carbocycles. The van der Waals surface area contributed by atoms with Crippen LogP contribution < -0.4 is 5.32 Å². The monoisotopic (exact) mass is 225 g/mol. The number of hydrogen-bond donors (Lipinski definition) is 1. The Labute approximate surface area is 95.4 Å². The molecule has 1 aromatic heterocycles. The zero-order valence-corrected chi connectivity index (χ0v) is 9.89. The molecule has 0 amide bonds. The molecule has 2 unspecified atom stereocenters. The predicted molar refractivity (Wildman–Crippen MR) is 58.9 cm³/mol. The van der Waals surface area contributed by atoms with Crippen molar-refractivity contribution < 1.29 is 4.74 Å². The van der Waals surface area contributed by atoms with Crippen molar-refractivity contribution in [2.45, 2.75) is 25.3 Å². The van der Waals surface area contributed by atoms with Gasteiger partial charge in [0.05, 0.1) is 7.05 Å². The van der Waals surface area contributed by atoms with Crippen molar-refractivity contribution in [2.24, 2.45) is 13.0 Å². The van der Waals surface area contributed by atoms with Gasteiger partial charge in [0.15, 0.2) is 5.82 Å². The summed E-state index contributed by atoms with van der Waals surface area (Å²) in [4.78, 5) is 1.50. The van der Waals surface area contributed by atoms with Crippen LogP contribution in [-0.4, -0.2) is 46.5 Å². The zero-order chi connectivity index (χ0) is 11.4. The molecule has 6 nitrogen and oxygen atoms in total. The quantitative estimate of drug-likeness (QED) is 0.749. The molecule has 1 saturated heterocycles. The van der Waals surface area contributed by atoms with E-state index < -0.39 is 0 Å². The predicted octanol–water partition coefficient (Wildman–Crippen LogP) is -0.233. The molecule has 1 N–H and O–H groups in total. The minimum Gasteiger partial charge on any atom is -0.381 e. The fraction of sp³-hybridized carbons (Fsp3) is 0.900. The molecule has 16 heavy (non-hydrogen) atoms. The third-order valence-corrected chi connectivity index (χ3v) is 3.03. The molecule has 2 atom stereocenters. The van der Waals surface area contributed by atoms with E-state index in [0.29, 0.717) is 12.0 Å². The topological polar surface area (TPSA) is 64.9 Å². The molecule has 6 heteroatoms. The first kappa shape index (κ1) is 11.5. The number of ether oxygens (including phenoxy) is 1. The Hall–Kier alpha value is -1.01. The number of hydrogen-bond acceptors (Lipinski definition) is 5. The second-order valence-corrected chi connectivity index (χ2v) is 4.35. The summed E-state index contributed by atoms with van der Waals surface area (Å²) in [5.74, 6) is 1.48. The highest BCUT2D eigenvalue weighted by molar-refractivity contribution is 4.85. The average Bonchev–Trinajstić information content (AvgIpc) is 2.89. The van der Waals surface area contributed by atoms with E-state index in [1.54, 1.807) is 7.05 Å². The first-order valence-electron chi connectivity index (χ1n) is 5.76. The number of tetrazole rings is 1. The van der Waals surface area contributed by atoms with Gasteiger partial charge in [0.1, 0.15) is 0 Å². The standard InChI is InChI=1S/C10H19N5O/c1-11-9(5-8-3-4-16-7-8)6-10-12-14-15(2)13-10/h8-9,11H,3-7H2,1-2H3. The normalized spacial score (nSPS) is 22.5. The number of nitrogens with zero attached hydrogens (tertiary/aromatic N) is 4. The van der Waals surface area contributed by atoms with Gasteiger partial charge in [0, 0.05) is 25.7 Å². The molecule has 0 spiro atoms. The summed E-state index contributed by atoms with van der Waals surface area (Å²) in [6, 6.07) is 0.413. The Morgan fingerprint density at radius 1 is 1.62 bits per heavy atom. The number of likely N-dealkylation sites (N-methyl/N-ethyl adjacent to an activating group) is 1. The highest BCUT2D eigenvalue weighted by Gasteiger charge is 2.21. The first-order chi connectivity index (χ1) is 7.78. The second-order valence-electron chi connectivity index (χ2n) is 4.35. The zero-order valence-electron chi connectivity index (χ0n) is 9.89. The molecule has 1 fully saturated rings. The molecule has 2 rings (SSSR count). The summed E-state index contributed by atoms with van der Waals surface area (Å²) < 4.78 is 5.38. The van der Waals surface area contributed by atoms with E-state index in [1.165, 1.54) is 11.2 Å². The van der Waals surface area contributed by atoms with Gasteiger partial charge >= 0.3 is 0 Å². The fourth-order valence-electron chi connectivity index (χ4n) is 2.10. The van der Waals surface area contributed by atoms with Crippen LogP contribution in [0.3, 0.4) is 0 Å². The van der Waals surface area contributed by atoms with E-state index >= 15 is 0 Å². The fourth-order valence-corrected chi connectivity index (χ4v) is 2.10. The Bertz CT molecular complexity index is 321. The van der Waals surface area contributed by atoms with Crippen molar-refractivity contribution >= 4 is 0 Å². The molecule has 90 valence electrons. The van der Waals surface area contributed by atoms with Crippen LogP contribution in [0.1, 0.15) is 18.7 Å². The lowest BCUT2D eigenvalue weighted by Crippen LogP contribution is -2.30. The summed E-state index contributed by atoms with van der Waals surface area (Å²) in [5, 5.41) is 15.4. The lowest BCUT2D eigenvalue weighted by Gasteiger charge is -2.17. The summed E-state index contributed by atoms with van der Waals surface area (Å²) in [5.41, 5.74) is 0. The first-order valence-corrected chi connectivity index (χ1v) is 5.76. The maximum atomic E-state index is 5.38. The lowest BCUT2D eigenvalue weighted by atomic mass is 9.97. The van der Waals surface area contributed by atoms with Gasteiger partial charge < -0.3 is 10.1 Å². The van der Waals surface area contributed by atoms with Gasteiger partial charge in [-0.2, -0.15) is 4.80 Å². The van der Waals surface area contributed by atoms with Crippen molar-refractivity contribution in [2.75, 3.05) is 20.3 Å². The highest BCUT2D eigenvalue weighted by Crippen LogP contribution is 2.19. The number of rotatable bonds is 5. The van der Waals surface area contributed by atoms with E-state index in [4.69, 9.17) is 4.74 Å². The summed E-state index contributed by atoms with van der Waals surface area (Å²) >= 11 is 0. The maximum absolute atomic E-state index is 5.38. The largest absolute Gasteiger partial charge is 0.381 e. The second kappa shape index (κ2) is 5.36. The number of nitrogens with one attached hydrogen (secondary N) is 1. The van der Waals surface area contributed by atoms with Crippen LogP contribution in [0.2, 0.25) is 0 Å². The lowest BCUT2D eigenvalue weighted by molar-refractivity contribution is 0.181. The SMILES string of the molecule is CNC(Cc1nnn(C)n1)CC1CCOC1. The molecule has 1 aliphatic rings. The maximum Gasteiger partial charge on any atom is 0.176 e. The molecular formula is C10H19N5O. The van der Waals surface area contributed by atoms with E-state index in [9.17, 15) is 0 Å². The Morgan fingerprint density at radius 2 is 2.50 bits per heavy atom. The smallest absolute Gasteiger partial charge is 0.176 e. The van der Waals surface area contributed by atoms with E-state index in [2.05, 4.69) is 20.7 Å². The van der Waals surface area contributed by atoms with Gasteiger partial charge in [-0.25, -0.2) is 0 Å². The highest BCUT2D eigenvalue weighted by atomic mass is 16.5. The van der Waals surface area contributed by atoms with Gasteiger partial charge in [-0.15, -0.1) is 10.2 Å². The van der Waals surface area contributed by atoms with Crippen LogP contribution in [0.5, 0.6) is 0 Å². The Balaban J connectivity index is 1.84. The average molecular weight is 225 g/mol. The van der Waals surface area contributed by atoms with Gasteiger partial charge in [0.25, 0.3) is 0 Å². The summed E-state index contributed by atoms with van der Waals surface area (Å²) in [7, 11) is 3.77. The molecule has 0 aliphatic carbocycles. The van der Waals surface area contributed by atoms with Gasteiger partial charge in [-0.05, 0) is 31.0 Å². The van der Waals surface area contributed by atoms with E-state index in [0.717, 1.165) is 31.9 Å². The van der Waals surface area contributed by atoms with Crippen LogP contribution in [0, 0.1) is 5.92 Å². The van der Waals surface area contributed by atoms with Crippen LogP contribution in [0.15, 0.2) is 0 Å². The van der Waals surface area contributed by atoms with Crippen molar-refractivity contribution in [3.63, 3.8) is 0 Å².